The van der Waals surface area contributed by atoms with Gasteiger partial charge in [-0.25, -0.2) is 19.5 Å². The summed E-state index contributed by atoms with van der Waals surface area (Å²) in [6, 6.07) is 39.4. The third-order valence-electron chi connectivity index (χ3n) is 13.8. The number of nitrogens with one attached hydrogen (secondary N) is 2. The maximum absolute atomic E-state index is 16.8. The van der Waals surface area contributed by atoms with Crippen molar-refractivity contribution in [1.82, 2.24) is 15.2 Å². The van der Waals surface area contributed by atoms with Crippen molar-refractivity contribution in [2.75, 3.05) is 37.7 Å². The van der Waals surface area contributed by atoms with E-state index in [9.17, 15) is 9.90 Å². The highest BCUT2D eigenvalue weighted by Gasteiger charge is 2.76. The molecule has 0 aliphatic carbocycles. The number of ether oxygens (including phenoxy) is 4. The number of para-hydroxylation sites is 1. The number of esters is 2. The molecule has 3 N–H and O–H groups in total. The molecule has 1 spiro atoms. The number of methoxy groups -OCH3 is 2. The van der Waals surface area contributed by atoms with Crippen molar-refractivity contribution in [3.05, 3.63) is 185 Å². The molecule has 15 nitrogen and oxygen atoms in total. The summed E-state index contributed by atoms with van der Waals surface area (Å²) in [5, 5.41) is 15.9. The van der Waals surface area contributed by atoms with E-state index in [0.29, 0.717) is 44.8 Å². The number of morpholine rings is 1. The van der Waals surface area contributed by atoms with Crippen LogP contribution in [0.5, 0.6) is 11.5 Å². The molecular weight excluding hydrogens is 959 g/mol. The minimum atomic E-state index is -2.18. The van der Waals surface area contributed by atoms with Crippen LogP contribution in [0.1, 0.15) is 65.4 Å². The van der Waals surface area contributed by atoms with E-state index in [4.69, 9.17) is 23.9 Å². The zero-order valence-electron chi connectivity index (χ0n) is 40.8. The van der Waals surface area contributed by atoms with Crippen LogP contribution in [0.2, 0.25) is 0 Å². The van der Waals surface area contributed by atoms with Gasteiger partial charge in [-0.2, -0.15) is 0 Å². The summed E-state index contributed by atoms with van der Waals surface area (Å²) >= 11 is 1.22. The number of carbonyl (C=O) groups is 5. The second-order valence-electron chi connectivity index (χ2n) is 18.4. The van der Waals surface area contributed by atoms with E-state index in [2.05, 4.69) is 22.5 Å². The molecule has 3 aliphatic rings. The van der Waals surface area contributed by atoms with E-state index in [0.717, 1.165) is 9.60 Å². The number of amides is 4. The summed E-state index contributed by atoms with van der Waals surface area (Å²) in [5.41, 5.74) is 1.62. The minimum Gasteiger partial charge on any atom is -0.497 e. The minimum absolute atomic E-state index is 0.0585. The Morgan fingerprint density at radius 3 is 2.15 bits per heavy atom. The average molecular weight is 1010 g/mol. The van der Waals surface area contributed by atoms with Crippen LogP contribution in [0.15, 0.2) is 152 Å². The van der Waals surface area contributed by atoms with E-state index in [1.54, 1.807) is 87.7 Å². The third kappa shape index (κ3) is 8.78. The normalized spacial score (nSPS) is 21.3. The lowest BCUT2D eigenvalue weighted by molar-refractivity contribution is -0.177. The summed E-state index contributed by atoms with van der Waals surface area (Å²) < 4.78 is 23.9. The molecule has 2 fully saturated rings. The molecule has 3 aliphatic heterocycles. The quantitative estimate of drug-likeness (QED) is 0.0787. The molecule has 1 aromatic heterocycles. The molecule has 16 heteroatoms. The molecule has 0 saturated carbocycles. The molecule has 0 radical (unpaired) electrons. The molecule has 74 heavy (non-hydrogen) atoms. The van der Waals surface area contributed by atoms with Gasteiger partial charge in [-0.05, 0) is 94.9 Å². The van der Waals surface area contributed by atoms with E-state index in [-0.39, 0.29) is 29.6 Å². The van der Waals surface area contributed by atoms with E-state index >= 15 is 19.2 Å². The van der Waals surface area contributed by atoms with Crippen LogP contribution in [0.25, 0.3) is 10.2 Å². The number of urea groups is 1. The molecule has 4 amide bonds. The lowest BCUT2D eigenvalue weighted by atomic mass is 9.65. The summed E-state index contributed by atoms with van der Waals surface area (Å²) in [4.78, 5) is 84.7. The van der Waals surface area contributed by atoms with Crippen molar-refractivity contribution in [3.63, 3.8) is 0 Å². The van der Waals surface area contributed by atoms with Crippen molar-refractivity contribution >= 4 is 62.2 Å². The number of cyclic esters (lactones) is 1. The second-order valence-corrected chi connectivity index (χ2v) is 19.5. The van der Waals surface area contributed by atoms with Gasteiger partial charge >= 0.3 is 18.0 Å². The van der Waals surface area contributed by atoms with Crippen molar-refractivity contribution in [1.29, 1.82) is 0 Å². The van der Waals surface area contributed by atoms with Gasteiger partial charge in [-0.15, -0.1) is 0 Å². The summed E-state index contributed by atoms with van der Waals surface area (Å²) in [7, 11) is 2.78. The highest BCUT2D eigenvalue weighted by molar-refractivity contribution is 7.22. The monoisotopic (exact) mass is 1010 g/mol. The topological polar surface area (TPSA) is 186 Å². The SMILES string of the molecule is COC(=O)C(NC(=O)N1C(=O)C2(c3cc(C#Cc4ccc(OC)cc4)ccc31)C(C(=O)Nc1nc3ccccc3s1)C1C(=O)OC(c3ccccc3)C(c3ccccc3)N1C2c1cccc(OCCO)c1)C(C)C. The highest BCUT2D eigenvalue weighted by Crippen LogP contribution is 2.66. The fourth-order valence-corrected chi connectivity index (χ4v) is 11.5. The maximum Gasteiger partial charge on any atom is 0.329 e. The number of nitrogens with zero attached hydrogens (tertiary/aromatic N) is 3. The first-order valence-corrected chi connectivity index (χ1v) is 24.9. The van der Waals surface area contributed by atoms with Gasteiger partial charge in [0.1, 0.15) is 41.7 Å². The molecule has 7 aromatic rings. The van der Waals surface area contributed by atoms with E-state index < -0.39 is 77.3 Å². The zero-order valence-corrected chi connectivity index (χ0v) is 41.6. The third-order valence-corrected chi connectivity index (χ3v) is 14.8. The number of thiazole rings is 1. The van der Waals surface area contributed by atoms with Crippen LogP contribution < -0.4 is 25.0 Å². The predicted molar refractivity (Wildman–Crippen MR) is 277 cm³/mol. The largest absolute Gasteiger partial charge is 0.497 e. The van der Waals surface area contributed by atoms with E-state index in [1.807, 2.05) is 89.8 Å². The van der Waals surface area contributed by atoms with Gasteiger partial charge in [-0.1, -0.05) is 122 Å². The molecule has 7 unspecified atom stereocenters. The molecule has 6 aromatic carbocycles. The smallest absolute Gasteiger partial charge is 0.329 e. The fraction of sp³-hybridized carbons (Fsp3) is 0.241. The predicted octanol–water partition coefficient (Wildman–Crippen LogP) is 8.29. The Balaban J connectivity index is 1.28. The molecule has 7 atom stereocenters. The standard InChI is InChI=1S/C58H51N5O10S/c1-34(2)47(53(66)71-4)60-57(69)62-44-29-26-36(23-22-35-24-27-40(70-3)28-25-35)32-42(44)58(55(62)68)46(52(65)61-56-59-43-20-11-12-21-45(43)74-56)49-54(67)73-50(38-16-9-6-10-17-38)48(37-14-7-5-8-15-37)63(49)51(58)39-18-13-19-41(33-39)72-31-30-64/h5-21,24-29,32-34,46-51,64H,30-31H2,1-4H3,(H,60,69)(H,59,61,65). The van der Waals surface area contributed by atoms with Crippen LogP contribution in [0, 0.1) is 23.7 Å². The van der Waals surface area contributed by atoms with Crippen LogP contribution >= 0.6 is 11.3 Å². The fourth-order valence-electron chi connectivity index (χ4n) is 10.7. The van der Waals surface area contributed by atoms with Crippen molar-refractivity contribution in [2.45, 2.75) is 49.5 Å². The molecule has 4 heterocycles. The Hall–Kier alpha value is -8.36. The van der Waals surface area contributed by atoms with Crippen molar-refractivity contribution < 1.29 is 48.0 Å². The van der Waals surface area contributed by atoms with Crippen LogP contribution in [0.4, 0.5) is 15.6 Å². The number of fused-ring (bicyclic) bond motifs is 4. The van der Waals surface area contributed by atoms with E-state index in [1.165, 1.54) is 18.4 Å². The van der Waals surface area contributed by atoms with Crippen molar-refractivity contribution in [2.24, 2.45) is 11.8 Å². The lowest BCUT2D eigenvalue weighted by Crippen LogP contribution is -2.57. The molecule has 2 saturated heterocycles. The molecule has 374 valence electrons. The second kappa shape index (κ2) is 20.6. The Bertz CT molecular complexity index is 3310. The van der Waals surface area contributed by atoms with Gasteiger partial charge < -0.3 is 34.7 Å². The van der Waals surface area contributed by atoms with Gasteiger partial charge in [-0.3, -0.25) is 19.3 Å². The Labute approximate surface area is 431 Å². The number of hydrogen-bond acceptors (Lipinski definition) is 13. The number of aromatic nitrogens is 1. The highest BCUT2D eigenvalue weighted by atomic mass is 32.1. The number of benzene rings is 6. The first-order chi connectivity index (χ1) is 36.0. The Morgan fingerprint density at radius 2 is 1.46 bits per heavy atom. The number of anilines is 2. The van der Waals surface area contributed by atoms with Gasteiger partial charge in [0.25, 0.3) is 0 Å². The number of rotatable bonds is 12. The molecular formula is C58H51N5O10S. The van der Waals surface area contributed by atoms with Gasteiger partial charge in [0, 0.05) is 11.1 Å². The van der Waals surface area contributed by atoms with Gasteiger partial charge in [0.15, 0.2) is 5.13 Å². The lowest BCUT2D eigenvalue weighted by Gasteiger charge is -2.46. The first kappa shape index (κ1) is 49.2. The number of aliphatic hydroxyl groups excluding tert-OH is 1. The van der Waals surface area contributed by atoms with Gasteiger partial charge in [0.05, 0.1) is 54.7 Å². The number of carbonyl (C=O) groups excluding carboxylic acids is 5. The van der Waals surface area contributed by atoms with Crippen LogP contribution in [-0.2, 0) is 34.1 Å². The molecule has 10 rings (SSSR count). The van der Waals surface area contributed by atoms with Crippen LogP contribution in [-0.4, -0.2) is 84.3 Å². The number of aliphatic hydroxyl groups is 1. The number of hydrogen-bond donors (Lipinski definition) is 3. The maximum atomic E-state index is 16.8. The summed E-state index contributed by atoms with van der Waals surface area (Å²) in [6.07, 6.45) is -0.981. The summed E-state index contributed by atoms with van der Waals surface area (Å²) in [5.74, 6) is 2.15. The van der Waals surface area contributed by atoms with Crippen molar-refractivity contribution in [3.8, 4) is 23.3 Å². The Kier molecular flexibility index (Phi) is 13.7. The summed E-state index contributed by atoms with van der Waals surface area (Å²) in [6.45, 7) is 3.11. The first-order valence-electron chi connectivity index (χ1n) is 24.1. The number of imide groups is 1. The van der Waals surface area contributed by atoms with Gasteiger partial charge in [0.2, 0.25) is 11.8 Å². The Morgan fingerprint density at radius 1 is 0.784 bits per heavy atom. The van der Waals surface area contributed by atoms with Crippen LogP contribution in [0.3, 0.4) is 0 Å². The zero-order chi connectivity index (χ0) is 51.7. The molecule has 0 bridgehead atoms. The average Bonchev–Trinajstić information content (AvgIpc) is 4.13.